The average molecular weight is 400 g/mol. The fraction of sp³-hybridized carbons (Fsp3) is 0.263. The van der Waals surface area contributed by atoms with Crippen LogP contribution >= 0.6 is 12.4 Å². The van der Waals surface area contributed by atoms with Crippen molar-refractivity contribution in [1.29, 1.82) is 0 Å². The zero-order chi connectivity index (χ0) is 18.2. The van der Waals surface area contributed by atoms with Crippen LogP contribution < -0.4 is 5.32 Å². The van der Waals surface area contributed by atoms with Crippen molar-refractivity contribution >= 4 is 23.3 Å². The van der Waals surface area contributed by atoms with Gasteiger partial charge >= 0.3 is 0 Å². The molecule has 2 N–H and O–H groups in total. The average Bonchev–Trinajstić information content (AvgIpc) is 3.35. The van der Waals surface area contributed by atoms with Gasteiger partial charge in [0.2, 0.25) is 5.95 Å². The van der Waals surface area contributed by atoms with Crippen LogP contribution in [0.4, 0.5) is 4.39 Å². The molecule has 0 saturated carbocycles. The molecule has 0 amide bonds. The molecule has 0 unspecified atom stereocenters. The molecule has 1 fully saturated rings. The third-order valence-corrected chi connectivity index (χ3v) is 5.07. The van der Waals surface area contributed by atoms with Crippen molar-refractivity contribution in [1.82, 2.24) is 35.5 Å². The van der Waals surface area contributed by atoms with Gasteiger partial charge in [0.1, 0.15) is 11.4 Å². The van der Waals surface area contributed by atoms with Gasteiger partial charge in [-0.05, 0) is 55.8 Å². The van der Waals surface area contributed by atoms with Crippen molar-refractivity contribution in [3.05, 3.63) is 48.7 Å². The van der Waals surface area contributed by atoms with Crippen LogP contribution in [0.1, 0.15) is 18.9 Å². The largest absolute Gasteiger partial charge is 0.317 e. The van der Waals surface area contributed by atoms with E-state index in [-0.39, 0.29) is 12.4 Å². The van der Waals surface area contributed by atoms with E-state index in [4.69, 9.17) is 0 Å². The molecule has 0 atom stereocenters. The van der Waals surface area contributed by atoms with E-state index in [2.05, 4.69) is 30.8 Å². The van der Waals surface area contributed by atoms with Crippen molar-refractivity contribution in [3.63, 3.8) is 0 Å². The van der Waals surface area contributed by atoms with E-state index in [1.165, 1.54) is 6.20 Å². The number of benzene rings is 1. The molecule has 0 aliphatic carbocycles. The number of nitrogens with one attached hydrogen (secondary N) is 2. The lowest BCUT2D eigenvalue weighted by Crippen LogP contribution is -2.29. The fourth-order valence-corrected chi connectivity index (χ4v) is 3.61. The lowest BCUT2D eigenvalue weighted by atomic mass is 10.0. The maximum atomic E-state index is 14.1. The summed E-state index contributed by atoms with van der Waals surface area (Å²) in [5.74, 6) is -0.487. The minimum absolute atomic E-state index is 0. The molecular formula is C19H19ClFN7. The van der Waals surface area contributed by atoms with Gasteiger partial charge in [-0.3, -0.25) is 5.10 Å². The van der Waals surface area contributed by atoms with Gasteiger partial charge in [0.15, 0.2) is 0 Å². The van der Waals surface area contributed by atoms with Crippen molar-refractivity contribution < 1.29 is 4.39 Å². The Kier molecular flexibility index (Phi) is 5.06. The zero-order valence-corrected chi connectivity index (χ0v) is 15.8. The minimum Gasteiger partial charge on any atom is -0.317 e. The lowest BCUT2D eigenvalue weighted by Gasteiger charge is -2.22. The molecule has 7 nitrogen and oxygen atoms in total. The van der Waals surface area contributed by atoms with Gasteiger partial charge in [0.25, 0.3) is 0 Å². The highest BCUT2D eigenvalue weighted by molar-refractivity contribution is 5.94. The van der Waals surface area contributed by atoms with Gasteiger partial charge in [-0.15, -0.1) is 17.5 Å². The van der Waals surface area contributed by atoms with Crippen LogP contribution in [-0.2, 0) is 0 Å². The molecule has 9 heteroatoms. The Hall–Kier alpha value is -2.84. The molecule has 0 bridgehead atoms. The second-order valence-corrected chi connectivity index (χ2v) is 6.74. The quantitative estimate of drug-likeness (QED) is 0.516. The molecule has 4 heterocycles. The van der Waals surface area contributed by atoms with Gasteiger partial charge < -0.3 is 5.32 Å². The highest BCUT2D eigenvalue weighted by Gasteiger charge is 2.19. The Bertz CT molecular complexity index is 1100. The van der Waals surface area contributed by atoms with Crippen LogP contribution in [0, 0.1) is 5.95 Å². The second-order valence-electron chi connectivity index (χ2n) is 6.74. The van der Waals surface area contributed by atoms with Crippen LogP contribution in [0.5, 0.6) is 0 Å². The molecular weight excluding hydrogens is 381 g/mol. The number of nitrogens with zero attached hydrogens (tertiary/aromatic N) is 5. The zero-order valence-electron chi connectivity index (χ0n) is 15.0. The molecule has 1 aliphatic heterocycles. The third-order valence-electron chi connectivity index (χ3n) is 5.07. The maximum absolute atomic E-state index is 14.1. The van der Waals surface area contributed by atoms with E-state index in [1.54, 1.807) is 12.1 Å². The van der Waals surface area contributed by atoms with Crippen LogP contribution in [0.3, 0.4) is 0 Å². The normalized spacial score (nSPS) is 14.9. The van der Waals surface area contributed by atoms with Crippen molar-refractivity contribution in [2.24, 2.45) is 0 Å². The van der Waals surface area contributed by atoms with Gasteiger partial charge in [0, 0.05) is 17.1 Å². The number of H-pyrrole nitrogens is 1. The number of fused-ring (bicyclic) bond motifs is 1. The number of pyridine rings is 1. The minimum atomic E-state index is -0.487. The van der Waals surface area contributed by atoms with E-state index in [1.807, 2.05) is 29.1 Å². The highest BCUT2D eigenvalue weighted by Crippen LogP contribution is 2.30. The Labute approximate surface area is 166 Å². The lowest BCUT2D eigenvalue weighted by molar-refractivity contribution is 0.337. The van der Waals surface area contributed by atoms with Gasteiger partial charge in [-0.25, -0.2) is 9.67 Å². The Morgan fingerprint density at radius 2 is 2.00 bits per heavy atom. The number of piperidine rings is 1. The monoisotopic (exact) mass is 399 g/mol. The Morgan fingerprint density at radius 3 is 2.82 bits per heavy atom. The van der Waals surface area contributed by atoms with Crippen molar-refractivity contribution in [3.8, 4) is 22.5 Å². The third kappa shape index (κ3) is 3.25. The number of hydrogen-bond donors (Lipinski definition) is 2. The fourth-order valence-electron chi connectivity index (χ4n) is 3.61. The molecule has 28 heavy (non-hydrogen) atoms. The molecule has 5 rings (SSSR count). The van der Waals surface area contributed by atoms with E-state index >= 15 is 0 Å². The maximum Gasteiger partial charge on any atom is 0.220 e. The summed E-state index contributed by atoms with van der Waals surface area (Å²) >= 11 is 0. The van der Waals surface area contributed by atoms with Crippen LogP contribution in [0.15, 0.2) is 42.7 Å². The van der Waals surface area contributed by atoms with Crippen LogP contribution in [0.25, 0.3) is 33.4 Å². The summed E-state index contributed by atoms with van der Waals surface area (Å²) in [7, 11) is 0. The first-order valence-corrected chi connectivity index (χ1v) is 9.01. The van der Waals surface area contributed by atoms with E-state index in [9.17, 15) is 4.39 Å². The number of aromatic amines is 1. The molecule has 1 aromatic carbocycles. The molecule has 1 aliphatic rings. The predicted octanol–water partition coefficient (Wildman–Crippen LogP) is 3.37. The van der Waals surface area contributed by atoms with Gasteiger partial charge in [-0.1, -0.05) is 11.3 Å². The summed E-state index contributed by atoms with van der Waals surface area (Å²) in [6, 6.07) is 9.47. The van der Waals surface area contributed by atoms with Gasteiger partial charge in [-0.2, -0.15) is 9.49 Å². The first-order chi connectivity index (χ1) is 13.3. The van der Waals surface area contributed by atoms with E-state index < -0.39 is 5.95 Å². The Morgan fingerprint density at radius 1 is 1.14 bits per heavy atom. The number of halogens is 2. The smallest absolute Gasteiger partial charge is 0.220 e. The molecule has 144 valence electrons. The number of aromatic nitrogens is 6. The summed E-state index contributed by atoms with van der Waals surface area (Å²) in [5.41, 5.74) is 3.51. The Balaban J connectivity index is 0.00000192. The molecule has 1 saturated heterocycles. The van der Waals surface area contributed by atoms with Gasteiger partial charge in [0.05, 0.1) is 17.8 Å². The SMILES string of the molecule is Cl.Fc1ncccc1-c1ccc2[nH]nc(-c3cn(C4CCNCC4)nn3)c2c1. The summed E-state index contributed by atoms with van der Waals surface area (Å²) < 4.78 is 16.0. The van der Waals surface area contributed by atoms with Crippen LogP contribution in [0.2, 0.25) is 0 Å². The highest BCUT2D eigenvalue weighted by atomic mass is 35.5. The summed E-state index contributed by atoms with van der Waals surface area (Å²) in [6.45, 7) is 1.98. The molecule has 0 radical (unpaired) electrons. The first-order valence-electron chi connectivity index (χ1n) is 9.01. The van der Waals surface area contributed by atoms with Crippen molar-refractivity contribution in [2.45, 2.75) is 18.9 Å². The predicted molar refractivity (Wildman–Crippen MR) is 107 cm³/mol. The summed E-state index contributed by atoms with van der Waals surface area (Å²) in [6.07, 6.45) is 5.46. The number of rotatable bonds is 3. The van der Waals surface area contributed by atoms with E-state index in [0.29, 0.717) is 17.3 Å². The number of hydrogen-bond acceptors (Lipinski definition) is 5. The molecule has 0 spiro atoms. The standard InChI is InChI=1S/C19H18FN7.ClH/c20-19-14(2-1-7-22-19)12-3-4-16-15(10-12)18(25-23-16)17-11-27(26-24-17)13-5-8-21-9-6-13;/h1-4,7,10-11,13,21H,5-6,8-9H2,(H,23,25);1H. The van der Waals surface area contributed by atoms with Crippen molar-refractivity contribution in [2.75, 3.05) is 13.1 Å². The first kappa shape index (κ1) is 18.5. The molecule has 4 aromatic rings. The molecule has 3 aromatic heterocycles. The second kappa shape index (κ2) is 7.65. The summed E-state index contributed by atoms with van der Waals surface area (Å²) in [4.78, 5) is 3.74. The van der Waals surface area contributed by atoms with Crippen LogP contribution in [-0.4, -0.2) is 43.3 Å². The summed E-state index contributed by atoms with van der Waals surface area (Å²) in [5, 5.41) is 20.3. The van der Waals surface area contributed by atoms with E-state index in [0.717, 1.165) is 48.1 Å². The topological polar surface area (TPSA) is 84.3 Å².